The molecule has 1 amide bonds. The minimum absolute atomic E-state index is 0.0554. The van der Waals surface area contributed by atoms with Crippen molar-refractivity contribution in [3.05, 3.63) is 56.4 Å². The van der Waals surface area contributed by atoms with Gasteiger partial charge in [0.2, 0.25) is 5.91 Å². The fourth-order valence-corrected chi connectivity index (χ4v) is 2.08. The zero-order valence-corrected chi connectivity index (χ0v) is 13.9. The molecule has 1 heterocycles. The summed E-state index contributed by atoms with van der Waals surface area (Å²) >= 11 is 11.4. The van der Waals surface area contributed by atoms with Crippen LogP contribution in [0.15, 0.2) is 35.3 Å². The molecule has 1 aromatic heterocycles. The van der Waals surface area contributed by atoms with Crippen LogP contribution in [0.2, 0.25) is 10.0 Å². The van der Waals surface area contributed by atoms with Crippen molar-refractivity contribution in [2.45, 2.75) is 13.5 Å². The Morgan fingerprint density at radius 3 is 2.91 bits per heavy atom. The summed E-state index contributed by atoms with van der Waals surface area (Å²) in [5.74, 6) is 0.368. The van der Waals surface area contributed by atoms with Gasteiger partial charge < -0.3 is 10.1 Å². The van der Waals surface area contributed by atoms with Gasteiger partial charge in [-0.15, -0.1) is 0 Å². The third kappa shape index (κ3) is 4.97. The maximum absolute atomic E-state index is 11.8. The van der Waals surface area contributed by atoms with Crippen LogP contribution in [0.1, 0.15) is 5.56 Å². The summed E-state index contributed by atoms with van der Waals surface area (Å²) in [6, 6.07) is 7.61. The second-order valence-corrected chi connectivity index (χ2v) is 5.57. The molecule has 0 saturated heterocycles. The van der Waals surface area contributed by atoms with Gasteiger partial charge in [-0.1, -0.05) is 35.3 Å². The van der Waals surface area contributed by atoms with E-state index in [1.54, 1.807) is 0 Å². The molecule has 0 spiro atoms. The molecule has 1 N–H and O–H groups in total. The van der Waals surface area contributed by atoms with Gasteiger partial charge in [0.1, 0.15) is 23.9 Å². The van der Waals surface area contributed by atoms with Gasteiger partial charge in [0.25, 0.3) is 5.56 Å². The number of hydrogen-bond donors (Lipinski definition) is 1. The predicted molar refractivity (Wildman–Crippen MR) is 88.2 cm³/mol. The van der Waals surface area contributed by atoms with E-state index in [0.29, 0.717) is 13.2 Å². The topological polar surface area (TPSA) is 73.2 Å². The quantitative estimate of drug-likeness (QED) is 0.804. The first kappa shape index (κ1) is 17.3. The van der Waals surface area contributed by atoms with Gasteiger partial charge in [0.05, 0.1) is 17.8 Å². The standard InChI is InChI=1S/C15H15Cl2N3O3/c1-10-3-2-4-11(7-10)23-6-5-18-13(21)9-20-15(22)14(17)12(16)8-19-20/h2-4,7-8H,5-6,9H2,1H3,(H,18,21). The zero-order chi connectivity index (χ0) is 16.8. The minimum atomic E-state index is -0.606. The Hall–Kier alpha value is -2.05. The first-order chi connectivity index (χ1) is 11.0. The van der Waals surface area contributed by atoms with E-state index >= 15 is 0 Å². The van der Waals surface area contributed by atoms with Crippen LogP contribution in [-0.4, -0.2) is 28.8 Å². The van der Waals surface area contributed by atoms with E-state index in [1.165, 1.54) is 6.20 Å². The summed E-state index contributed by atoms with van der Waals surface area (Å²) in [6.07, 6.45) is 1.22. The van der Waals surface area contributed by atoms with E-state index in [9.17, 15) is 9.59 Å². The summed E-state index contributed by atoms with van der Waals surface area (Å²) in [7, 11) is 0. The van der Waals surface area contributed by atoms with Crippen molar-refractivity contribution in [1.29, 1.82) is 0 Å². The SMILES string of the molecule is Cc1cccc(OCCNC(=O)Cn2ncc(Cl)c(Cl)c2=O)c1. The Balaban J connectivity index is 1.80. The largest absolute Gasteiger partial charge is 0.492 e. The maximum atomic E-state index is 11.8. The van der Waals surface area contributed by atoms with Crippen molar-refractivity contribution in [1.82, 2.24) is 15.1 Å². The molecule has 2 rings (SSSR count). The van der Waals surface area contributed by atoms with Crippen LogP contribution in [0.5, 0.6) is 5.75 Å². The average Bonchev–Trinajstić information content (AvgIpc) is 2.52. The third-order valence-corrected chi connectivity index (χ3v) is 3.67. The fraction of sp³-hybridized carbons (Fsp3) is 0.267. The molecule has 0 aliphatic rings. The van der Waals surface area contributed by atoms with E-state index < -0.39 is 5.56 Å². The molecule has 0 aliphatic heterocycles. The minimum Gasteiger partial charge on any atom is -0.492 e. The Kier molecular flexibility index (Phi) is 6.01. The van der Waals surface area contributed by atoms with Crippen LogP contribution >= 0.6 is 23.2 Å². The molecule has 2 aromatic rings. The van der Waals surface area contributed by atoms with Gasteiger partial charge in [0, 0.05) is 0 Å². The lowest BCUT2D eigenvalue weighted by Crippen LogP contribution is -2.35. The number of aryl methyl sites for hydroxylation is 1. The smallest absolute Gasteiger partial charge is 0.287 e. The first-order valence-electron chi connectivity index (χ1n) is 6.84. The van der Waals surface area contributed by atoms with Crippen molar-refractivity contribution in [3.63, 3.8) is 0 Å². The zero-order valence-electron chi connectivity index (χ0n) is 12.4. The number of carbonyl (C=O) groups excluding carboxylic acids is 1. The number of rotatable bonds is 6. The lowest BCUT2D eigenvalue weighted by molar-refractivity contribution is -0.122. The molecule has 23 heavy (non-hydrogen) atoms. The Morgan fingerprint density at radius 2 is 2.17 bits per heavy atom. The molecule has 0 unspecified atom stereocenters. The summed E-state index contributed by atoms with van der Waals surface area (Å²) in [5, 5.41) is 6.30. The molecule has 0 bridgehead atoms. The van der Waals surface area contributed by atoms with Gasteiger partial charge in [0.15, 0.2) is 0 Å². The molecule has 0 aliphatic carbocycles. The number of nitrogens with zero attached hydrogens (tertiary/aromatic N) is 2. The highest BCUT2D eigenvalue weighted by Gasteiger charge is 2.10. The Bertz CT molecular complexity index is 762. The van der Waals surface area contributed by atoms with E-state index in [4.69, 9.17) is 27.9 Å². The molecule has 0 radical (unpaired) electrons. The lowest BCUT2D eigenvalue weighted by Gasteiger charge is -2.09. The number of aromatic nitrogens is 2. The average molecular weight is 356 g/mol. The van der Waals surface area contributed by atoms with Crippen molar-refractivity contribution in [3.8, 4) is 5.75 Å². The van der Waals surface area contributed by atoms with E-state index in [-0.39, 0.29) is 22.5 Å². The second kappa shape index (κ2) is 7.99. The molecule has 1 aromatic carbocycles. The van der Waals surface area contributed by atoms with Gasteiger partial charge in [-0.2, -0.15) is 5.10 Å². The number of hydrogen-bond acceptors (Lipinski definition) is 4. The number of halogens is 2. The fourth-order valence-electron chi connectivity index (χ4n) is 1.81. The summed E-state index contributed by atoms with van der Waals surface area (Å²) < 4.78 is 6.46. The monoisotopic (exact) mass is 355 g/mol. The summed E-state index contributed by atoms with van der Waals surface area (Å²) in [5.41, 5.74) is 0.488. The van der Waals surface area contributed by atoms with E-state index in [1.807, 2.05) is 31.2 Å². The van der Waals surface area contributed by atoms with Crippen LogP contribution in [0, 0.1) is 6.92 Å². The van der Waals surface area contributed by atoms with E-state index in [0.717, 1.165) is 16.0 Å². The van der Waals surface area contributed by atoms with Crippen molar-refractivity contribution in [2.75, 3.05) is 13.2 Å². The van der Waals surface area contributed by atoms with Crippen molar-refractivity contribution in [2.24, 2.45) is 0 Å². The summed E-state index contributed by atoms with van der Waals surface area (Å²) in [6.45, 7) is 2.36. The molecule has 6 nitrogen and oxygen atoms in total. The summed E-state index contributed by atoms with van der Waals surface area (Å²) in [4.78, 5) is 23.5. The highest BCUT2D eigenvalue weighted by Crippen LogP contribution is 2.14. The number of ether oxygens (including phenoxy) is 1. The molecule has 0 saturated carbocycles. The van der Waals surface area contributed by atoms with Crippen LogP contribution in [0.3, 0.4) is 0 Å². The lowest BCUT2D eigenvalue weighted by atomic mass is 10.2. The number of carbonyl (C=O) groups is 1. The van der Waals surface area contributed by atoms with Gasteiger partial charge >= 0.3 is 0 Å². The molecular formula is C15H15Cl2N3O3. The second-order valence-electron chi connectivity index (χ2n) is 4.78. The molecular weight excluding hydrogens is 341 g/mol. The van der Waals surface area contributed by atoms with Crippen LogP contribution in [0.25, 0.3) is 0 Å². The number of amides is 1. The number of nitrogens with one attached hydrogen (secondary N) is 1. The van der Waals surface area contributed by atoms with E-state index in [2.05, 4.69) is 10.4 Å². The normalized spacial score (nSPS) is 10.4. The van der Waals surface area contributed by atoms with Gasteiger partial charge in [-0.05, 0) is 24.6 Å². The molecule has 8 heteroatoms. The first-order valence-corrected chi connectivity index (χ1v) is 7.60. The Morgan fingerprint density at radius 1 is 1.39 bits per heavy atom. The van der Waals surface area contributed by atoms with Crippen LogP contribution < -0.4 is 15.6 Å². The van der Waals surface area contributed by atoms with Crippen LogP contribution in [-0.2, 0) is 11.3 Å². The number of benzene rings is 1. The highest BCUT2D eigenvalue weighted by atomic mass is 35.5. The van der Waals surface area contributed by atoms with Crippen molar-refractivity contribution < 1.29 is 9.53 Å². The molecule has 122 valence electrons. The van der Waals surface area contributed by atoms with Crippen molar-refractivity contribution >= 4 is 29.1 Å². The molecule has 0 fully saturated rings. The molecule has 0 atom stereocenters. The highest BCUT2D eigenvalue weighted by molar-refractivity contribution is 6.41. The predicted octanol–water partition coefficient (Wildman–Crippen LogP) is 2.05. The third-order valence-electron chi connectivity index (χ3n) is 2.92. The van der Waals surface area contributed by atoms with Gasteiger partial charge in [-0.25, -0.2) is 4.68 Å². The Labute approximate surface area is 143 Å². The van der Waals surface area contributed by atoms with Gasteiger partial charge in [-0.3, -0.25) is 9.59 Å². The van der Waals surface area contributed by atoms with Crippen LogP contribution in [0.4, 0.5) is 0 Å². The maximum Gasteiger partial charge on any atom is 0.287 e.